The van der Waals surface area contributed by atoms with Crippen LogP contribution in [0.2, 0.25) is 0 Å². The summed E-state index contributed by atoms with van der Waals surface area (Å²) >= 11 is 3.19. The Morgan fingerprint density at radius 1 is 1.36 bits per heavy atom. The first kappa shape index (κ1) is 16.7. The van der Waals surface area contributed by atoms with Crippen molar-refractivity contribution in [3.05, 3.63) is 46.1 Å². The number of nitrogens with one attached hydrogen (secondary N) is 3. The van der Waals surface area contributed by atoms with E-state index in [9.17, 15) is 4.79 Å². The molecule has 118 valence electrons. The molecule has 7 heteroatoms. The molecule has 0 saturated carbocycles. The molecule has 22 heavy (non-hydrogen) atoms. The number of benzene rings is 1. The predicted octanol–water partition coefficient (Wildman–Crippen LogP) is 1.82. The highest BCUT2D eigenvalue weighted by atomic mass is 79.9. The zero-order chi connectivity index (χ0) is 15.9. The second-order valence-electron chi connectivity index (χ2n) is 4.65. The molecule has 0 aliphatic carbocycles. The van der Waals surface area contributed by atoms with E-state index in [0.717, 1.165) is 11.1 Å². The first-order valence-corrected chi connectivity index (χ1v) is 7.63. The number of hydrogen-bond donors (Lipinski definition) is 3. The van der Waals surface area contributed by atoms with E-state index in [1.165, 1.54) is 6.08 Å². The van der Waals surface area contributed by atoms with Gasteiger partial charge in [-0.05, 0) is 27.6 Å². The second-order valence-corrected chi connectivity index (χ2v) is 5.51. The minimum absolute atomic E-state index is 0.120. The molecular weight excluding hydrogens is 350 g/mol. The van der Waals surface area contributed by atoms with E-state index in [1.54, 1.807) is 7.05 Å². The Hall–Kier alpha value is -1.70. The highest BCUT2D eigenvalue weighted by Gasteiger charge is 2.17. The summed E-state index contributed by atoms with van der Waals surface area (Å²) in [5.41, 5.74) is 1.78. The molecule has 1 aliphatic rings. The minimum atomic E-state index is -0.432. The zero-order valence-corrected chi connectivity index (χ0v) is 13.8. The first-order valence-electron chi connectivity index (χ1n) is 6.84. The highest BCUT2D eigenvalue weighted by molar-refractivity contribution is 9.11. The number of carbonyl (C=O) groups excluding carboxylic acids is 1. The SMILES string of the molecule is CN/C(Br)=C\C(=N)C(=O)NCc1ccc(C2OCCO2)cc1. The summed E-state index contributed by atoms with van der Waals surface area (Å²) in [5.74, 6) is -0.432. The molecule has 1 aliphatic heterocycles. The molecule has 1 amide bonds. The first-order chi connectivity index (χ1) is 10.6. The standard InChI is InChI=1S/C15H18BrN3O3/c1-18-13(16)8-12(17)14(20)19-9-10-2-4-11(5-3-10)15-21-6-7-22-15/h2-5,8,15,17-18H,6-7,9H2,1H3,(H,19,20)/b13-8-,17-12?. The van der Waals surface area contributed by atoms with Crippen molar-refractivity contribution in [3.63, 3.8) is 0 Å². The van der Waals surface area contributed by atoms with Crippen LogP contribution in [0.15, 0.2) is 34.9 Å². The molecule has 0 radical (unpaired) electrons. The van der Waals surface area contributed by atoms with Crippen molar-refractivity contribution in [2.75, 3.05) is 20.3 Å². The van der Waals surface area contributed by atoms with Crippen LogP contribution in [-0.4, -0.2) is 31.9 Å². The Kier molecular flexibility index (Phi) is 6.11. The fourth-order valence-electron chi connectivity index (χ4n) is 1.89. The molecule has 0 atom stereocenters. The number of ether oxygens (including phenoxy) is 2. The Morgan fingerprint density at radius 3 is 2.59 bits per heavy atom. The average molecular weight is 368 g/mol. The van der Waals surface area contributed by atoms with Crippen molar-refractivity contribution >= 4 is 27.5 Å². The van der Waals surface area contributed by atoms with Crippen LogP contribution in [0.4, 0.5) is 0 Å². The summed E-state index contributed by atoms with van der Waals surface area (Å²) in [6.45, 7) is 1.58. The van der Waals surface area contributed by atoms with Crippen molar-refractivity contribution in [2.24, 2.45) is 0 Å². The van der Waals surface area contributed by atoms with Crippen LogP contribution >= 0.6 is 15.9 Å². The van der Waals surface area contributed by atoms with Gasteiger partial charge in [-0.3, -0.25) is 10.2 Å². The van der Waals surface area contributed by atoms with Gasteiger partial charge in [-0.1, -0.05) is 24.3 Å². The molecule has 3 N–H and O–H groups in total. The van der Waals surface area contributed by atoms with E-state index >= 15 is 0 Å². The monoisotopic (exact) mass is 367 g/mol. The number of carbonyl (C=O) groups is 1. The van der Waals surface area contributed by atoms with E-state index < -0.39 is 5.91 Å². The Bertz CT molecular complexity index is 566. The molecule has 0 bridgehead atoms. The van der Waals surface area contributed by atoms with Crippen LogP contribution in [0.25, 0.3) is 0 Å². The van der Waals surface area contributed by atoms with E-state index in [-0.39, 0.29) is 12.0 Å². The van der Waals surface area contributed by atoms with Crippen LogP contribution in [0.5, 0.6) is 0 Å². The summed E-state index contributed by atoms with van der Waals surface area (Å²) in [6.07, 6.45) is 1.12. The van der Waals surface area contributed by atoms with Gasteiger partial charge >= 0.3 is 0 Å². The predicted molar refractivity (Wildman–Crippen MR) is 86.7 cm³/mol. The maximum absolute atomic E-state index is 11.8. The van der Waals surface area contributed by atoms with Crippen molar-refractivity contribution in [1.82, 2.24) is 10.6 Å². The molecule has 0 spiro atoms. The lowest BCUT2D eigenvalue weighted by Crippen LogP contribution is -2.29. The van der Waals surface area contributed by atoms with Crippen molar-refractivity contribution in [1.29, 1.82) is 5.41 Å². The fraction of sp³-hybridized carbons (Fsp3) is 0.333. The molecule has 1 aromatic carbocycles. The third-order valence-electron chi connectivity index (χ3n) is 3.08. The third kappa shape index (κ3) is 4.66. The van der Waals surface area contributed by atoms with Crippen molar-refractivity contribution in [3.8, 4) is 0 Å². The average Bonchev–Trinajstić information content (AvgIpc) is 3.07. The topological polar surface area (TPSA) is 83.4 Å². The molecule has 1 saturated heterocycles. The van der Waals surface area contributed by atoms with E-state index in [4.69, 9.17) is 14.9 Å². The van der Waals surface area contributed by atoms with Gasteiger partial charge in [0.05, 0.1) is 17.8 Å². The lowest BCUT2D eigenvalue weighted by Gasteiger charge is -2.10. The third-order valence-corrected chi connectivity index (χ3v) is 3.71. The molecular formula is C15H18BrN3O3. The van der Waals surface area contributed by atoms with Crippen LogP contribution in [0, 0.1) is 5.41 Å². The Balaban J connectivity index is 1.86. The number of hydrogen-bond acceptors (Lipinski definition) is 5. The molecule has 2 rings (SSSR count). The second kappa shape index (κ2) is 8.07. The van der Waals surface area contributed by atoms with Crippen LogP contribution in [0.3, 0.4) is 0 Å². The summed E-state index contributed by atoms with van der Waals surface area (Å²) in [7, 11) is 1.70. The summed E-state index contributed by atoms with van der Waals surface area (Å²) < 4.78 is 11.4. The van der Waals surface area contributed by atoms with Crippen LogP contribution < -0.4 is 10.6 Å². The molecule has 0 unspecified atom stereocenters. The highest BCUT2D eigenvalue weighted by Crippen LogP contribution is 2.23. The van der Waals surface area contributed by atoms with Gasteiger partial charge in [0.15, 0.2) is 6.29 Å². The van der Waals surface area contributed by atoms with Gasteiger partial charge in [0.1, 0.15) is 5.71 Å². The van der Waals surface area contributed by atoms with Crippen molar-refractivity contribution in [2.45, 2.75) is 12.8 Å². The lowest BCUT2D eigenvalue weighted by molar-refractivity contribution is -0.114. The summed E-state index contributed by atoms with van der Waals surface area (Å²) in [5, 5.41) is 13.1. The lowest BCUT2D eigenvalue weighted by atomic mass is 10.1. The molecule has 1 aromatic rings. The molecule has 0 aromatic heterocycles. The van der Waals surface area contributed by atoms with Gasteiger partial charge in [0.2, 0.25) is 0 Å². The van der Waals surface area contributed by atoms with Gasteiger partial charge in [-0.25, -0.2) is 0 Å². The normalized spacial score (nSPS) is 15.6. The van der Waals surface area contributed by atoms with E-state index in [1.807, 2.05) is 24.3 Å². The van der Waals surface area contributed by atoms with E-state index in [2.05, 4.69) is 26.6 Å². The van der Waals surface area contributed by atoms with E-state index in [0.29, 0.717) is 24.4 Å². The molecule has 6 nitrogen and oxygen atoms in total. The van der Waals surface area contributed by atoms with Gasteiger partial charge in [-0.15, -0.1) is 0 Å². The maximum Gasteiger partial charge on any atom is 0.269 e. The van der Waals surface area contributed by atoms with Gasteiger partial charge in [-0.2, -0.15) is 0 Å². The number of halogens is 1. The minimum Gasteiger partial charge on any atom is -0.382 e. The van der Waals surface area contributed by atoms with Crippen molar-refractivity contribution < 1.29 is 14.3 Å². The van der Waals surface area contributed by atoms with Crippen LogP contribution in [-0.2, 0) is 20.8 Å². The molecule has 1 heterocycles. The number of amides is 1. The fourth-order valence-corrected chi connectivity index (χ4v) is 2.11. The quantitative estimate of drug-likeness (QED) is 0.529. The summed E-state index contributed by atoms with van der Waals surface area (Å²) in [6, 6.07) is 7.65. The van der Waals surface area contributed by atoms with Gasteiger partial charge in [0.25, 0.3) is 5.91 Å². The largest absolute Gasteiger partial charge is 0.382 e. The summed E-state index contributed by atoms with van der Waals surface area (Å²) in [4.78, 5) is 11.8. The van der Waals surface area contributed by atoms with Gasteiger partial charge in [0, 0.05) is 19.2 Å². The number of rotatable bonds is 6. The maximum atomic E-state index is 11.8. The zero-order valence-electron chi connectivity index (χ0n) is 12.2. The Labute approximate surface area is 137 Å². The van der Waals surface area contributed by atoms with Gasteiger partial charge < -0.3 is 20.1 Å². The smallest absolute Gasteiger partial charge is 0.269 e. The van der Waals surface area contributed by atoms with Crippen LogP contribution in [0.1, 0.15) is 17.4 Å². The molecule has 1 fully saturated rings. The Morgan fingerprint density at radius 2 is 2.00 bits per heavy atom.